The first-order valence-corrected chi connectivity index (χ1v) is 9.23. The molecule has 0 aliphatic heterocycles. The van der Waals surface area contributed by atoms with E-state index in [1.807, 2.05) is 57.4 Å². The second-order valence-corrected chi connectivity index (χ2v) is 7.26. The van der Waals surface area contributed by atoms with Gasteiger partial charge in [-0.15, -0.1) is 0 Å². The molecule has 0 bridgehead atoms. The number of nitrogens with zero attached hydrogens (tertiary/aromatic N) is 1. The van der Waals surface area contributed by atoms with E-state index in [2.05, 4.69) is 0 Å². The van der Waals surface area contributed by atoms with Gasteiger partial charge in [-0.25, -0.2) is 0 Å². The highest BCUT2D eigenvalue weighted by molar-refractivity contribution is 6.30. The number of benzene rings is 2. The zero-order chi connectivity index (χ0) is 20.0. The summed E-state index contributed by atoms with van der Waals surface area (Å²) in [6.45, 7) is 3.73. The van der Waals surface area contributed by atoms with E-state index >= 15 is 0 Å². The summed E-state index contributed by atoms with van der Waals surface area (Å²) in [5.41, 5.74) is 3.26. The van der Waals surface area contributed by atoms with Crippen LogP contribution in [0, 0.1) is 6.92 Å². The number of hydrogen-bond acceptors (Lipinski definition) is 3. The van der Waals surface area contributed by atoms with Gasteiger partial charge in [0.05, 0.1) is 21.3 Å². The molecule has 2 aromatic rings. The number of ether oxygens (including phenoxy) is 2. The van der Waals surface area contributed by atoms with Gasteiger partial charge in [0.2, 0.25) is 0 Å². The van der Waals surface area contributed by atoms with Crippen molar-refractivity contribution in [3.63, 3.8) is 0 Å². The molecule has 6 heteroatoms. The summed E-state index contributed by atoms with van der Waals surface area (Å²) in [5, 5.41) is 0.720. The number of rotatable bonds is 8. The average molecular weight is 392 g/mol. The number of likely N-dealkylation sites (N-methyl/N-ethyl adjacent to an activating group) is 2. The van der Waals surface area contributed by atoms with Crippen molar-refractivity contribution in [1.82, 2.24) is 4.90 Å². The highest BCUT2D eigenvalue weighted by Gasteiger charge is 2.17. The Morgan fingerprint density at radius 2 is 1.70 bits per heavy atom. The number of carbonyl (C=O) groups is 1. The fraction of sp³-hybridized carbons (Fsp3) is 0.381. The molecule has 27 heavy (non-hydrogen) atoms. The summed E-state index contributed by atoms with van der Waals surface area (Å²) in [6.07, 6.45) is 0. The third kappa shape index (κ3) is 5.88. The first-order valence-electron chi connectivity index (χ1n) is 8.85. The normalized spacial score (nSPS) is 11.8. The lowest BCUT2D eigenvalue weighted by atomic mass is 10.1. The van der Waals surface area contributed by atoms with Gasteiger partial charge in [0.15, 0.2) is 18.0 Å². The lowest BCUT2D eigenvalue weighted by molar-refractivity contribution is -0.885. The standard InChI is InChI=1S/C21H27ClN2O3/c1-15-10-19(26-4)20(27-5)11-17(15)13-24(3)21(25)14-23(2)12-16-6-8-18(22)9-7-16/h6-11H,12-14H2,1-5H3/p+1. The number of quaternary nitrogens is 1. The quantitative estimate of drug-likeness (QED) is 0.751. The van der Waals surface area contributed by atoms with Crippen LogP contribution >= 0.6 is 11.6 Å². The summed E-state index contributed by atoms with van der Waals surface area (Å²) < 4.78 is 10.7. The Morgan fingerprint density at radius 1 is 1.11 bits per heavy atom. The number of carbonyl (C=O) groups excluding carboxylic acids is 1. The Morgan fingerprint density at radius 3 is 2.30 bits per heavy atom. The molecule has 2 aromatic carbocycles. The van der Waals surface area contributed by atoms with Crippen LogP contribution in [0.25, 0.3) is 0 Å². The summed E-state index contributed by atoms with van der Waals surface area (Å²) in [4.78, 5) is 15.5. The third-order valence-electron chi connectivity index (χ3n) is 4.55. The molecule has 5 nitrogen and oxygen atoms in total. The van der Waals surface area contributed by atoms with Gasteiger partial charge >= 0.3 is 0 Å². The van der Waals surface area contributed by atoms with Gasteiger partial charge in [0.25, 0.3) is 5.91 Å². The van der Waals surface area contributed by atoms with Gasteiger partial charge in [-0.1, -0.05) is 23.7 Å². The number of amides is 1. The monoisotopic (exact) mass is 391 g/mol. The summed E-state index contributed by atoms with van der Waals surface area (Å²) in [6, 6.07) is 11.6. The van der Waals surface area contributed by atoms with Crippen molar-refractivity contribution in [2.24, 2.45) is 0 Å². The fourth-order valence-electron chi connectivity index (χ4n) is 2.94. The van der Waals surface area contributed by atoms with Crippen molar-refractivity contribution >= 4 is 17.5 Å². The molecule has 0 aliphatic carbocycles. The van der Waals surface area contributed by atoms with Crippen LogP contribution in [0.3, 0.4) is 0 Å². The molecule has 0 fully saturated rings. The maximum atomic E-state index is 12.6. The van der Waals surface area contributed by atoms with E-state index in [0.717, 1.165) is 33.2 Å². The van der Waals surface area contributed by atoms with Crippen molar-refractivity contribution in [3.05, 3.63) is 58.1 Å². The lowest BCUT2D eigenvalue weighted by Crippen LogP contribution is -3.08. The molecule has 1 amide bonds. The highest BCUT2D eigenvalue weighted by Crippen LogP contribution is 2.30. The Hall–Kier alpha value is -2.24. The molecule has 1 N–H and O–H groups in total. The smallest absolute Gasteiger partial charge is 0.277 e. The molecule has 2 rings (SSSR count). The van der Waals surface area contributed by atoms with Crippen LogP contribution in [0.2, 0.25) is 5.02 Å². The van der Waals surface area contributed by atoms with E-state index in [9.17, 15) is 4.79 Å². The predicted octanol–water partition coefficient (Wildman–Crippen LogP) is 2.34. The summed E-state index contributed by atoms with van der Waals surface area (Å²) in [5.74, 6) is 1.46. The van der Waals surface area contributed by atoms with Gasteiger partial charge < -0.3 is 19.3 Å². The van der Waals surface area contributed by atoms with Crippen molar-refractivity contribution in [3.8, 4) is 11.5 Å². The molecule has 0 aromatic heterocycles. The van der Waals surface area contributed by atoms with E-state index in [1.54, 1.807) is 19.1 Å². The third-order valence-corrected chi connectivity index (χ3v) is 4.80. The summed E-state index contributed by atoms with van der Waals surface area (Å²) in [7, 11) is 7.07. The molecular weight excluding hydrogens is 364 g/mol. The predicted molar refractivity (Wildman–Crippen MR) is 108 cm³/mol. The van der Waals surface area contributed by atoms with E-state index in [-0.39, 0.29) is 5.91 Å². The largest absolute Gasteiger partial charge is 0.493 e. The van der Waals surface area contributed by atoms with Gasteiger partial charge in [-0.05, 0) is 42.3 Å². The van der Waals surface area contributed by atoms with E-state index in [4.69, 9.17) is 21.1 Å². The Kier molecular flexibility index (Phi) is 7.51. The van der Waals surface area contributed by atoms with Crippen molar-refractivity contribution in [1.29, 1.82) is 0 Å². The highest BCUT2D eigenvalue weighted by atomic mass is 35.5. The molecular formula is C21H28ClN2O3+. The van der Waals surface area contributed by atoms with Gasteiger partial charge in [0.1, 0.15) is 6.54 Å². The van der Waals surface area contributed by atoms with Crippen LogP contribution in [-0.4, -0.2) is 45.7 Å². The van der Waals surface area contributed by atoms with Crippen molar-refractivity contribution in [2.75, 3.05) is 34.9 Å². The Bertz CT molecular complexity index is 778. The second kappa shape index (κ2) is 9.62. The molecule has 0 heterocycles. The van der Waals surface area contributed by atoms with Crippen LogP contribution in [0.1, 0.15) is 16.7 Å². The number of halogens is 1. The first kappa shape index (κ1) is 21.1. The molecule has 1 unspecified atom stereocenters. The minimum absolute atomic E-state index is 0.0932. The van der Waals surface area contributed by atoms with Crippen LogP contribution in [-0.2, 0) is 17.9 Å². The topological polar surface area (TPSA) is 43.2 Å². The molecule has 146 valence electrons. The molecule has 0 saturated carbocycles. The minimum Gasteiger partial charge on any atom is -0.493 e. The average Bonchev–Trinajstić information content (AvgIpc) is 2.64. The Balaban J connectivity index is 1.97. The molecule has 0 spiro atoms. The molecule has 0 aliphatic rings. The number of aryl methyl sites for hydroxylation is 1. The van der Waals surface area contributed by atoms with Crippen LogP contribution in [0.15, 0.2) is 36.4 Å². The maximum Gasteiger partial charge on any atom is 0.277 e. The molecule has 0 saturated heterocycles. The van der Waals surface area contributed by atoms with Gasteiger partial charge in [0, 0.05) is 24.2 Å². The van der Waals surface area contributed by atoms with Gasteiger partial charge in [-0.3, -0.25) is 4.79 Å². The number of methoxy groups -OCH3 is 2. The van der Waals surface area contributed by atoms with Crippen molar-refractivity contribution < 1.29 is 19.2 Å². The molecule has 0 radical (unpaired) electrons. The number of nitrogens with one attached hydrogen (secondary N) is 1. The lowest BCUT2D eigenvalue weighted by Gasteiger charge is -2.22. The van der Waals surface area contributed by atoms with E-state index < -0.39 is 0 Å². The SMILES string of the molecule is COc1cc(C)c(CN(C)C(=O)C[NH+](C)Cc2ccc(Cl)cc2)cc1OC. The summed E-state index contributed by atoms with van der Waals surface area (Å²) >= 11 is 5.92. The Labute approximate surface area is 166 Å². The van der Waals surface area contributed by atoms with Crippen LogP contribution in [0.4, 0.5) is 0 Å². The van der Waals surface area contributed by atoms with Crippen LogP contribution in [0.5, 0.6) is 11.5 Å². The minimum atomic E-state index is 0.0932. The number of hydrogen-bond donors (Lipinski definition) is 1. The zero-order valence-corrected chi connectivity index (χ0v) is 17.4. The second-order valence-electron chi connectivity index (χ2n) is 6.82. The van der Waals surface area contributed by atoms with E-state index in [0.29, 0.717) is 24.6 Å². The van der Waals surface area contributed by atoms with Crippen molar-refractivity contribution in [2.45, 2.75) is 20.0 Å². The van der Waals surface area contributed by atoms with E-state index in [1.165, 1.54) is 0 Å². The van der Waals surface area contributed by atoms with Crippen LogP contribution < -0.4 is 14.4 Å². The maximum absolute atomic E-state index is 12.6. The first-order chi connectivity index (χ1) is 12.8. The zero-order valence-electron chi connectivity index (χ0n) is 16.6. The van der Waals surface area contributed by atoms with Gasteiger partial charge in [-0.2, -0.15) is 0 Å². The fourth-order valence-corrected chi connectivity index (χ4v) is 3.07. The molecule has 1 atom stereocenters.